The number of anilines is 1. The summed E-state index contributed by atoms with van der Waals surface area (Å²) in [6.07, 6.45) is -3.45. The first kappa shape index (κ1) is 17.1. The van der Waals surface area contributed by atoms with Gasteiger partial charge in [-0.25, -0.2) is 8.78 Å². The molecular formula is C16H12F5N3O. The lowest BCUT2D eigenvalue weighted by Gasteiger charge is -2.38. The number of alkyl halides is 5. The fourth-order valence-electron chi connectivity index (χ4n) is 2.49. The van der Waals surface area contributed by atoms with Gasteiger partial charge in [-0.2, -0.15) is 13.2 Å². The number of halogens is 5. The predicted octanol–water partition coefficient (Wildman–Crippen LogP) is 3.44. The molecule has 1 saturated heterocycles. The first-order valence-corrected chi connectivity index (χ1v) is 7.17. The highest BCUT2D eigenvalue weighted by Crippen LogP contribution is 2.36. The normalized spacial score (nSPS) is 16.4. The molecule has 0 bridgehead atoms. The number of hydrogen-bond donors (Lipinski definition) is 1. The number of aromatic nitrogens is 1. The van der Waals surface area contributed by atoms with E-state index >= 15 is 0 Å². The van der Waals surface area contributed by atoms with Crippen LogP contribution in [0.15, 0.2) is 36.5 Å². The van der Waals surface area contributed by atoms with Crippen LogP contribution in [0.5, 0.6) is 0 Å². The summed E-state index contributed by atoms with van der Waals surface area (Å²) in [7, 11) is 0. The van der Waals surface area contributed by atoms with Crippen LogP contribution in [0, 0.1) is 0 Å². The second-order valence-corrected chi connectivity index (χ2v) is 5.75. The van der Waals surface area contributed by atoms with Crippen molar-refractivity contribution in [2.24, 2.45) is 0 Å². The molecule has 2 aromatic rings. The minimum Gasteiger partial charge on any atom is -0.398 e. The van der Waals surface area contributed by atoms with Gasteiger partial charge in [0.1, 0.15) is 0 Å². The number of rotatable bonds is 2. The van der Waals surface area contributed by atoms with E-state index < -0.39 is 42.3 Å². The van der Waals surface area contributed by atoms with E-state index in [1.165, 1.54) is 18.2 Å². The average molecular weight is 357 g/mol. The largest absolute Gasteiger partial charge is 0.418 e. The van der Waals surface area contributed by atoms with Gasteiger partial charge in [-0.3, -0.25) is 9.78 Å². The third-order valence-corrected chi connectivity index (χ3v) is 3.80. The Morgan fingerprint density at radius 2 is 1.84 bits per heavy atom. The first-order valence-electron chi connectivity index (χ1n) is 7.17. The van der Waals surface area contributed by atoms with Gasteiger partial charge in [0.25, 0.3) is 11.8 Å². The van der Waals surface area contributed by atoms with Gasteiger partial charge in [-0.05, 0) is 24.3 Å². The maximum atomic E-state index is 12.9. The molecule has 4 nitrogen and oxygen atoms in total. The van der Waals surface area contributed by atoms with E-state index in [4.69, 9.17) is 5.73 Å². The van der Waals surface area contributed by atoms with Crippen molar-refractivity contribution in [3.05, 3.63) is 47.7 Å². The fourth-order valence-corrected chi connectivity index (χ4v) is 2.49. The maximum absolute atomic E-state index is 12.9. The van der Waals surface area contributed by atoms with Gasteiger partial charge in [0.15, 0.2) is 0 Å². The van der Waals surface area contributed by atoms with Gasteiger partial charge in [0, 0.05) is 17.4 Å². The third-order valence-electron chi connectivity index (χ3n) is 3.80. The van der Waals surface area contributed by atoms with Crippen molar-refractivity contribution >= 4 is 11.6 Å². The Labute approximate surface area is 139 Å². The molecule has 0 atom stereocenters. The maximum Gasteiger partial charge on any atom is 0.418 e. The standard InChI is InChI=1S/C16H12F5N3O/c17-15(18)7-24(8-15)14(25)10-2-4-13(23-6-10)9-1-3-12(22)11(5-9)16(19,20)21/h1-6H,7-8,22H2. The number of carbonyl (C=O) groups excluding carboxylic acids is 1. The van der Waals surface area contributed by atoms with Crippen LogP contribution in [-0.4, -0.2) is 34.8 Å². The summed E-state index contributed by atoms with van der Waals surface area (Å²) in [5.41, 5.74) is 4.43. The highest BCUT2D eigenvalue weighted by atomic mass is 19.4. The van der Waals surface area contributed by atoms with E-state index in [2.05, 4.69) is 4.98 Å². The molecule has 3 rings (SSSR count). The van der Waals surface area contributed by atoms with Crippen LogP contribution in [0.3, 0.4) is 0 Å². The van der Waals surface area contributed by atoms with Crippen LogP contribution in [0.2, 0.25) is 0 Å². The first-order chi connectivity index (χ1) is 11.6. The summed E-state index contributed by atoms with van der Waals surface area (Å²) >= 11 is 0. The van der Waals surface area contributed by atoms with Crippen LogP contribution >= 0.6 is 0 Å². The lowest BCUT2D eigenvalue weighted by atomic mass is 10.0. The zero-order chi connectivity index (χ0) is 18.4. The van der Waals surface area contributed by atoms with E-state index in [1.54, 1.807) is 0 Å². The molecular weight excluding hydrogens is 345 g/mol. The van der Waals surface area contributed by atoms with Crippen molar-refractivity contribution < 1.29 is 26.7 Å². The molecule has 1 aliphatic rings. The molecule has 1 amide bonds. The Balaban J connectivity index is 1.82. The summed E-state index contributed by atoms with van der Waals surface area (Å²) in [4.78, 5) is 16.9. The highest BCUT2D eigenvalue weighted by Gasteiger charge is 2.46. The number of likely N-dealkylation sites (tertiary alicyclic amines) is 1. The SMILES string of the molecule is Nc1ccc(-c2ccc(C(=O)N3CC(F)(F)C3)cn2)cc1C(F)(F)F. The third kappa shape index (κ3) is 3.40. The number of benzene rings is 1. The molecule has 0 radical (unpaired) electrons. The van der Waals surface area contributed by atoms with Gasteiger partial charge in [-0.15, -0.1) is 0 Å². The van der Waals surface area contributed by atoms with Gasteiger partial charge in [0.05, 0.1) is 29.9 Å². The van der Waals surface area contributed by atoms with E-state index in [0.29, 0.717) is 0 Å². The van der Waals surface area contributed by atoms with Crippen molar-refractivity contribution in [3.63, 3.8) is 0 Å². The molecule has 2 heterocycles. The minimum absolute atomic E-state index is 0.0886. The smallest absolute Gasteiger partial charge is 0.398 e. The molecule has 0 aliphatic carbocycles. The zero-order valence-corrected chi connectivity index (χ0v) is 12.6. The van der Waals surface area contributed by atoms with Gasteiger partial charge in [0.2, 0.25) is 0 Å². The van der Waals surface area contributed by atoms with Crippen molar-refractivity contribution in [2.75, 3.05) is 18.8 Å². The van der Waals surface area contributed by atoms with Crippen molar-refractivity contribution in [2.45, 2.75) is 12.1 Å². The topological polar surface area (TPSA) is 59.2 Å². The van der Waals surface area contributed by atoms with Crippen molar-refractivity contribution in [1.29, 1.82) is 0 Å². The number of nitrogen functional groups attached to an aromatic ring is 1. The molecule has 1 aromatic carbocycles. The summed E-state index contributed by atoms with van der Waals surface area (Å²) in [5, 5.41) is 0. The Hall–Kier alpha value is -2.71. The molecule has 2 N–H and O–H groups in total. The zero-order valence-electron chi connectivity index (χ0n) is 12.6. The molecule has 25 heavy (non-hydrogen) atoms. The molecule has 1 aromatic heterocycles. The second-order valence-electron chi connectivity index (χ2n) is 5.75. The van der Waals surface area contributed by atoms with Crippen molar-refractivity contribution in [1.82, 2.24) is 9.88 Å². The lowest BCUT2D eigenvalue weighted by molar-refractivity contribution is -0.136. The van der Waals surface area contributed by atoms with E-state index in [1.807, 2.05) is 0 Å². The highest BCUT2D eigenvalue weighted by molar-refractivity contribution is 5.94. The van der Waals surface area contributed by atoms with Crippen LogP contribution in [0.1, 0.15) is 15.9 Å². The summed E-state index contributed by atoms with van der Waals surface area (Å²) < 4.78 is 64.3. The van der Waals surface area contributed by atoms with Crippen LogP contribution < -0.4 is 5.73 Å². The fraction of sp³-hybridized carbons (Fsp3) is 0.250. The van der Waals surface area contributed by atoms with Crippen LogP contribution in [0.25, 0.3) is 11.3 Å². The lowest BCUT2D eigenvalue weighted by Crippen LogP contribution is -2.58. The Morgan fingerprint density at radius 1 is 1.16 bits per heavy atom. The predicted molar refractivity (Wildman–Crippen MR) is 79.9 cm³/mol. The number of pyridine rings is 1. The van der Waals surface area contributed by atoms with Gasteiger partial charge in [-0.1, -0.05) is 6.07 Å². The number of nitrogens with two attached hydrogens (primary N) is 1. The number of amides is 1. The monoisotopic (exact) mass is 357 g/mol. The number of carbonyl (C=O) groups is 1. The molecule has 0 spiro atoms. The summed E-state index contributed by atoms with van der Waals surface area (Å²) in [6, 6.07) is 6.07. The van der Waals surface area contributed by atoms with Crippen molar-refractivity contribution in [3.8, 4) is 11.3 Å². The molecule has 1 aliphatic heterocycles. The quantitative estimate of drug-likeness (QED) is 0.662. The molecule has 0 saturated carbocycles. The van der Waals surface area contributed by atoms with E-state index in [0.717, 1.165) is 23.2 Å². The second kappa shape index (κ2) is 5.68. The Kier molecular flexibility index (Phi) is 3.89. The molecule has 1 fully saturated rings. The van der Waals surface area contributed by atoms with Gasteiger partial charge >= 0.3 is 6.18 Å². The number of nitrogens with zero attached hydrogens (tertiary/aromatic N) is 2. The Bertz CT molecular complexity index is 810. The number of hydrogen-bond acceptors (Lipinski definition) is 3. The minimum atomic E-state index is -4.60. The average Bonchev–Trinajstić information content (AvgIpc) is 2.51. The summed E-state index contributed by atoms with van der Waals surface area (Å²) in [5.74, 6) is -3.47. The molecule has 132 valence electrons. The Morgan fingerprint density at radius 3 is 2.36 bits per heavy atom. The van der Waals surface area contributed by atoms with Crippen LogP contribution in [0.4, 0.5) is 27.6 Å². The van der Waals surface area contributed by atoms with E-state index in [9.17, 15) is 26.7 Å². The molecule has 0 unspecified atom stereocenters. The van der Waals surface area contributed by atoms with Crippen LogP contribution in [-0.2, 0) is 6.18 Å². The van der Waals surface area contributed by atoms with Gasteiger partial charge < -0.3 is 10.6 Å². The van der Waals surface area contributed by atoms with E-state index in [-0.39, 0.29) is 16.8 Å². The molecule has 9 heteroatoms. The summed E-state index contributed by atoms with van der Waals surface area (Å²) in [6.45, 7) is -1.30.